The zero-order valence-corrected chi connectivity index (χ0v) is 21.3. The van der Waals surface area contributed by atoms with Crippen LogP contribution in [0.25, 0.3) is 5.69 Å². The van der Waals surface area contributed by atoms with E-state index in [-0.39, 0.29) is 30.3 Å². The molecule has 2 atom stereocenters. The summed E-state index contributed by atoms with van der Waals surface area (Å²) in [6.45, 7) is 7.76. The number of hydrogen-bond donors (Lipinski definition) is 3. The molecule has 0 aliphatic rings. The monoisotopic (exact) mass is 513 g/mol. The number of ether oxygens (including phenoxy) is 2. The minimum absolute atomic E-state index is 0.0504. The molecule has 3 rings (SSSR count). The minimum atomic E-state index is -1.10. The van der Waals surface area contributed by atoms with Crippen molar-refractivity contribution in [2.45, 2.75) is 46.3 Å². The van der Waals surface area contributed by atoms with Crippen molar-refractivity contribution in [1.82, 2.24) is 15.1 Å². The number of carboxylic acids is 1. The average molecular weight is 514 g/mol. The molecule has 0 fully saturated rings. The Morgan fingerprint density at radius 2 is 1.78 bits per heavy atom. The minimum Gasteiger partial charge on any atom is -0.494 e. The molecule has 0 saturated heterocycles. The number of nitrogens with one attached hydrogen (secondary N) is 1. The first-order valence-electron chi connectivity index (χ1n) is 11.9. The second kappa shape index (κ2) is 11.9. The van der Waals surface area contributed by atoms with E-state index in [1.807, 2.05) is 27.7 Å². The van der Waals surface area contributed by atoms with Crippen LogP contribution in [0.4, 0.5) is 4.39 Å². The van der Waals surface area contributed by atoms with Crippen LogP contribution in [0.2, 0.25) is 0 Å². The molecule has 0 bridgehead atoms. The number of carbonyl (C=O) groups excluding carboxylic acids is 1. The van der Waals surface area contributed by atoms with Gasteiger partial charge in [-0.15, -0.1) is 0 Å². The number of halogens is 1. The normalized spacial score (nSPS) is 13.0. The lowest BCUT2D eigenvalue weighted by molar-refractivity contribution is -0.137. The summed E-state index contributed by atoms with van der Waals surface area (Å²) >= 11 is 0. The Morgan fingerprint density at radius 3 is 2.38 bits per heavy atom. The van der Waals surface area contributed by atoms with E-state index in [2.05, 4.69) is 10.4 Å². The maximum Gasteiger partial charge on any atom is 0.305 e. The van der Waals surface area contributed by atoms with Crippen molar-refractivity contribution in [3.63, 3.8) is 0 Å². The number of carbonyl (C=O) groups is 2. The summed E-state index contributed by atoms with van der Waals surface area (Å²) in [5.74, 6) is -1.69. The van der Waals surface area contributed by atoms with Crippen LogP contribution in [-0.4, -0.2) is 51.2 Å². The van der Waals surface area contributed by atoms with Crippen LogP contribution in [0.3, 0.4) is 0 Å². The molecule has 10 heteroatoms. The van der Waals surface area contributed by atoms with Gasteiger partial charge in [-0.05, 0) is 42.2 Å². The molecule has 1 aromatic heterocycles. The fraction of sp³-hybridized carbons (Fsp3) is 0.370. The first-order chi connectivity index (χ1) is 17.5. The maximum atomic E-state index is 14.6. The number of aliphatic hydroxyl groups is 1. The van der Waals surface area contributed by atoms with Gasteiger partial charge in [0.2, 0.25) is 5.88 Å². The van der Waals surface area contributed by atoms with Crippen LogP contribution in [-0.2, 0) is 4.79 Å². The molecule has 0 unspecified atom stereocenters. The van der Waals surface area contributed by atoms with E-state index in [1.54, 1.807) is 30.3 Å². The van der Waals surface area contributed by atoms with Crippen molar-refractivity contribution < 1.29 is 33.7 Å². The smallest absolute Gasteiger partial charge is 0.305 e. The second-order valence-electron chi connectivity index (χ2n) is 9.55. The number of benzene rings is 2. The van der Waals surface area contributed by atoms with Crippen molar-refractivity contribution in [3.05, 3.63) is 71.7 Å². The number of aliphatic carboxylic acids is 1. The van der Waals surface area contributed by atoms with Crippen molar-refractivity contribution in [2.24, 2.45) is 5.41 Å². The Labute approximate surface area is 214 Å². The van der Waals surface area contributed by atoms with Gasteiger partial charge in [-0.1, -0.05) is 45.0 Å². The first-order valence-corrected chi connectivity index (χ1v) is 11.9. The van der Waals surface area contributed by atoms with E-state index in [4.69, 9.17) is 9.47 Å². The lowest BCUT2D eigenvalue weighted by atomic mass is 9.90. The third kappa shape index (κ3) is 7.29. The standard InChI is InChI=1S/C27H32FN3O6/c1-5-36-18-12-10-17(11-13-18)20(15-25(33)34)29-26(35)21-14-24(37-16-23(32)27(2,3)4)31(30-21)22-9-7-6-8-19(22)28/h6-14,20,23,32H,5,15-16H2,1-4H3,(H,29,35)(H,33,34)/t20-,23+/m0/s1. The van der Waals surface area contributed by atoms with E-state index in [1.165, 1.54) is 24.3 Å². The highest BCUT2D eigenvalue weighted by molar-refractivity contribution is 5.93. The Morgan fingerprint density at radius 1 is 1.11 bits per heavy atom. The van der Waals surface area contributed by atoms with Crippen LogP contribution in [0.15, 0.2) is 54.6 Å². The van der Waals surface area contributed by atoms with Gasteiger partial charge >= 0.3 is 5.97 Å². The van der Waals surface area contributed by atoms with Gasteiger partial charge in [-0.25, -0.2) is 4.39 Å². The number of aromatic nitrogens is 2. The molecule has 1 heterocycles. The Hall–Kier alpha value is -3.92. The topological polar surface area (TPSA) is 123 Å². The Bertz CT molecular complexity index is 1220. The Balaban J connectivity index is 1.90. The summed E-state index contributed by atoms with van der Waals surface area (Å²) in [5.41, 5.74) is 0.0444. The van der Waals surface area contributed by atoms with Gasteiger partial charge in [0.05, 0.1) is 25.2 Å². The van der Waals surface area contributed by atoms with Crippen molar-refractivity contribution in [2.75, 3.05) is 13.2 Å². The number of aliphatic hydroxyl groups excluding tert-OH is 1. The van der Waals surface area contributed by atoms with Crippen LogP contribution >= 0.6 is 0 Å². The number of hydrogen-bond acceptors (Lipinski definition) is 6. The van der Waals surface area contributed by atoms with Gasteiger partial charge in [-0.2, -0.15) is 9.78 Å². The predicted octanol–water partition coefficient (Wildman–Crippen LogP) is 4.14. The van der Waals surface area contributed by atoms with Crippen molar-refractivity contribution in [1.29, 1.82) is 0 Å². The van der Waals surface area contributed by atoms with Crippen molar-refractivity contribution >= 4 is 11.9 Å². The maximum absolute atomic E-state index is 14.6. The van der Waals surface area contributed by atoms with Gasteiger partial charge in [0.1, 0.15) is 23.9 Å². The second-order valence-corrected chi connectivity index (χ2v) is 9.55. The molecular weight excluding hydrogens is 481 g/mol. The van der Waals surface area contributed by atoms with E-state index >= 15 is 0 Å². The summed E-state index contributed by atoms with van der Waals surface area (Å²) in [5, 5.41) is 26.7. The summed E-state index contributed by atoms with van der Waals surface area (Å²) in [6.07, 6.45) is -1.21. The predicted molar refractivity (Wildman–Crippen MR) is 135 cm³/mol. The molecule has 2 aromatic carbocycles. The number of nitrogens with zero attached hydrogens (tertiary/aromatic N) is 2. The number of carboxylic acid groups (broad SMARTS) is 1. The van der Waals surface area contributed by atoms with Gasteiger partial charge < -0.3 is 25.0 Å². The molecule has 0 aliphatic heterocycles. The molecule has 198 valence electrons. The quantitative estimate of drug-likeness (QED) is 0.352. The highest BCUT2D eigenvalue weighted by atomic mass is 19.1. The number of amides is 1. The van der Waals surface area contributed by atoms with E-state index in [0.29, 0.717) is 17.9 Å². The zero-order chi connectivity index (χ0) is 27.2. The number of para-hydroxylation sites is 1. The van der Waals surface area contributed by atoms with Crippen molar-refractivity contribution in [3.8, 4) is 17.3 Å². The third-order valence-electron chi connectivity index (χ3n) is 5.66. The summed E-state index contributed by atoms with van der Waals surface area (Å²) < 4.78 is 26.9. The summed E-state index contributed by atoms with van der Waals surface area (Å²) in [6, 6.07) is 13.1. The van der Waals surface area contributed by atoms with Gasteiger partial charge in [0.15, 0.2) is 5.69 Å². The fourth-order valence-electron chi connectivity index (χ4n) is 3.41. The van der Waals surface area contributed by atoms with Crippen LogP contribution in [0, 0.1) is 11.2 Å². The molecule has 0 radical (unpaired) electrons. The van der Waals surface area contributed by atoms with Gasteiger partial charge in [0.25, 0.3) is 5.91 Å². The molecule has 3 aromatic rings. The van der Waals surface area contributed by atoms with E-state index in [0.717, 1.165) is 4.68 Å². The molecule has 0 aliphatic carbocycles. The number of rotatable bonds is 11. The summed E-state index contributed by atoms with van der Waals surface area (Å²) in [7, 11) is 0. The average Bonchev–Trinajstić information content (AvgIpc) is 3.26. The van der Waals surface area contributed by atoms with Gasteiger partial charge in [0, 0.05) is 6.07 Å². The lowest BCUT2D eigenvalue weighted by Gasteiger charge is -2.25. The highest BCUT2D eigenvalue weighted by Crippen LogP contribution is 2.26. The van der Waals surface area contributed by atoms with Crippen LogP contribution < -0.4 is 14.8 Å². The third-order valence-corrected chi connectivity index (χ3v) is 5.66. The molecule has 1 amide bonds. The first kappa shape index (κ1) is 27.7. The zero-order valence-electron chi connectivity index (χ0n) is 21.3. The Kier molecular flexibility index (Phi) is 8.88. The fourth-order valence-corrected chi connectivity index (χ4v) is 3.41. The SMILES string of the molecule is CCOc1ccc([C@H](CC(=O)O)NC(=O)c2cc(OC[C@@H](O)C(C)(C)C)n(-c3ccccc3F)n2)cc1. The largest absolute Gasteiger partial charge is 0.494 e. The lowest BCUT2D eigenvalue weighted by Crippen LogP contribution is -2.32. The van der Waals surface area contributed by atoms with Crippen LogP contribution in [0.1, 0.15) is 56.2 Å². The van der Waals surface area contributed by atoms with E-state index in [9.17, 15) is 24.2 Å². The van der Waals surface area contributed by atoms with Crippen LogP contribution in [0.5, 0.6) is 11.6 Å². The molecule has 9 nitrogen and oxygen atoms in total. The molecule has 0 spiro atoms. The summed E-state index contributed by atoms with van der Waals surface area (Å²) in [4.78, 5) is 24.7. The molecule has 37 heavy (non-hydrogen) atoms. The molecule has 3 N–H and O–H groups in total. The highest BCUT2D eigenvalue weighted by Gasteiger charge is 2.26. The molecule has 0 saturated carbocycles. The molecular formula is C27H32FN3O6. The van der Waals surface area contributed by atoms with E-state index < -0.39 is 35.3 Å². The van der Waals surface area contributed by atoms with Gasteiger partial charge in [-0.3, -0.25) is 9.59 Å².